The zero-order valence-electron chi connectivity index (χ0n) is 5.99. The lowest BCUT2D eigenvalue weighted by atomic mass is 9.94. The summed E-state index contributed by atoms with van der Waals surface area (Å²) in [5.41, 5.74) is -1.30. The molecule has 0 radical (unpaired) electrons. The van der Waals surface area contributed by atoms with Gasteiger partial charge in [-0.15, -0.1) is 0 Å². The molecule has 3 heteroatoms. The molecule has 3 nitrogen and oxygen atoms in total. The minimum Gasteiger partial charge on any atom is -0.512 e. The zero-order chi connectivity index (χ0) is 8.48. The van der Waals surface area contributed by atoms with Gasteiger partial charge >= 0.3 is 0 Å². The predicted octanol–water partition coefficient (Wildman–Crippen LogP) is 1.19. The van der Waals surface area contributed by atoms with Crippen molar-refractivity contribution < 1.29 is 15.3 Å². The van der Waals surface area contributed by atoms with Crippen molar-refractivity contribution in [1.29, 1.82) is 0 Å². The number of hydrogen-bond acceptors (Lipinski definition) is 3. The maximum atomic E-state index is 9.47. The first-order valence-electron chi connectivity index (χ1n) is 3.23. The van der Waals surface area contributed by atoms with E-state index in [9.17, 15) is 5.11 Å². The summed E-state index contributed by atoms with van der Waals surface area (Å²) >= 11 is 0. The molecule has 1 rings (SSSR count). The highest BCUT2D eigenvalue weighted by Crippen LogP contribution is 2.24. The van der Waals surface area contributed by atoms with Crippen molar-refractivity contribution in [1.82, 2.24) is 0 Å². The molecule has 0 heterocycles. The van der Waals surface area contributed by atoms with Crippen LogP contribution in [0.5, 0.6) is 0 Å². The fourth-order valence-electron chi connectivity index (χ4n) is 0.992. The van der Waals surface area contributed by atoms with Crippen LogP contribution in [0.2, 0.25) is 0 Å². The van der Waals surface area contributed by atoms with Gasteiger partial charge in [0.1, 0.15) is 11.4 Å². The standard InChI is InChI=1S/C8H10O3/c1-2-8(11)4-6(9)3-7(10)5-8/h2-4,9-11H,1,5H2. The summed E-state index contributed by atoms with van der Waals surface area (Å²) in [6.45, 7) is 3.38. The molecule has 0 bridgehead atoms. The minimum atomic E-state index is -1.30. The Labute approximate surface area is 64.6 Å². The third-order valence-electron chi connectivity index (χ3n) is 1.53. The zero-order valence-corrected chi connectivity index (χ0v) is 5.99. The van der Waals surface area contributed by atoms with Crippen molar-refractivity contribution in [2.75, 3.05) is 0 Å². The third-order valence-corrected chi connectivity index (χ3v) is 1.53. The molecule has 0 spiro atoms. The van der Waals surface area contributed by atoms with Crippen molar-refractivity contribution >= 4 is 0 Å². The van der Waals surface area contributed by atoms with Gasteiger partial charge < -0.3 is 15.3 Å². The molecule has 1 unspecified atom stereocenters. The molecular weight excluding hydrogens is 144 g/mol. The number of rotatable bonds is 1. The Morgan fingerprint density at radius 3 is 2.64 bits per heavy atom. The highest BCUT2D eigenvalue weighted by atomic mass is 16.3. The second-order valence-corrected chi connectivity index (χ2v) is 2.58. The lowest BCUT2D eigenvalue weighted by Crippen LogP contribution is -2.26. The first kappa shape index (κ1) is 7.88. The van der Waals surface area contributed by atoms with Crippen molar-refractivity contribution in [3.63, 3.8) is 0 Å². The Kier molecular flexibility index (Phi) is 1.74. The van der Waals surface area contributed by atoms with Gasteiger partial charge in [-0.25, -0.2) is 0 Å². The average molecular weight is 154 g/mol. The van der Waals surface area contributed by atoms with Crippen LogP contribution in [-0.4, -0.2) is 20.9 Å². The monoisotopic (exact) mass is 154 g/mol. The normalized spacial score (nSPS) is 30.6. The van der Waals surface area contributed by atoms with Crippen molar-refractivity contribution in [2.45, 2.75) is 12.0 Å². The lowest BCUT2D eigenvalue weighted by molar-refractivity contribution is 0.120. The number of allylic oxidation sites excluding steroid dienone is 1. The van der Waals surface area contributed by atoms with Crippen molar-refractivity contribution in [2.24, 2.45) is 0 Å². The molecule has 60 valence electrons. The van der Waals surface area contributed by atoms with Gasteiger partial charge in [0, 0.05) is 12.5 Å². The number of hydrogen-bond donors (Lipinski definition) is 3. The summed E-state index contributed by atoms with van der Waals surface area (Å²) in [5.74, 6) is -0.191. The molecular formula is C8H10O3. The molecule has 0 aromatic carbocycles. The Morgan fingerprint density at radius 1 is 1.55 bits per heavy atom. The Hall–Kier alpha value is -1.22. The van der Waals surface area contributed by atoms with Crippen LogP contribution in [-0.2, 0) is 0 Å². The van der Waals surface area contributed by atoms with Gasteiger partial charge in [0.05, 0.1) is 5.76 Å². The molecule has 0 fully saturated rings. The van der Waals surface area contributed by atoms with E-state index in [0.717, 1.165) is 0 Å². The van der Waals surface area contributed by atoms with Crippen LogP contribution in [0.25, 0.3) is 0 Å². The lowest BCUT2D eigenvalue weighted by Gasteiger charge is -2.22. The summed E-state index contributed by atoms with van der Waals surface area (Å²) in [6, 6.07) is 0. The minimum absolute atomic E-state index is 0.0487. The summed E-state index contributed by atoms with van der Waals surface area (Å²) in [4.78, 5) is 0. The summed E-state index contributed by atoms with van der Waals surface area (Å²) < 4.78 is 0. The SMILES string of the molecule is C=CC1(O)C=C(O)C=C(O)C1. The highest BCUT2D eigenvalue weighted by molar-refractivity contribution is 5.29. The van der Waals surface area contributed by atoms with Gasteiger partial charge in [-0.3, -0.25) is 0 Å². The Morgan fingerprint density at radius 2 is 2.18 bits per heavy atom. The van der Waals surface area contributed by atoms with Gasteiger partial charge in [-0.05, 0) is 6.08 Å². The largest absolute Gasteiger partial charge is 0.512 e. The van der Waals surface area contributed by atoms with Crippen LogP contribution in [0.4, 0.5) is 0 Å². The van der Waals surface area contributed by atoms with Crippen LogP contribution >= 0.6 is 0 Å². The average Bonchev–Trinajstić information content (AvgIpc) is 1.84. The molecule has 0 aliphatic heterocycles. The molecule has 1 aliphatic carbocycles. The summed E-state index contributed by atoms with van der Waals surface area (Å²) in [5, 5.41) is 27.4. The fourth-order valence-corrected chi connectivity index (χ4v) is 0.992. The van der Waals surface area contributed by atoms with E-state index in [-0.39, 0.29) is 17.9 Å². The smallest absolute Gasteiger partial charge is 0.118 e. The molecule has 0 aromatic rings. The molecule has 0 aromatic heterocycles. The van der Waals surface area contributed by atoms with Crippen LogP contribution in [0, 0.1) is 0 Å². The van der Waals surface area contributed by atoms with Crippen LogP contribution in [0.1, 0.15) is 6.42 Å². The Balaban J connectivity index is 2.95. The molecule has 1 atom stereocenters. The van der Waals surface area contributed by atoms with E-state index in [1.54, 1.807) is 0 Å². The van der Waals surface area contributed by atoms with E-state index < -0.39 is 5.60 Å². The maximum absolute atomic E-state index is 9.47. The van der Waals surface area contributed by atoms with E-state index in [1.165, 1.54) is 18.2 Å². The first-order chi connectivity index (χ1) is 5.06. The summed E-state index contributed by atoms with van der Waals surface area (Å²) in [6.07, 6.45) is 3.77. The van der Waals surface area contributed by atoms with Crippen molar-refractivity contribution in [3.8, 4) is 0 Å². The fraction of sp³-hybridized carbons (Fsp3) is 0.250. The van der Waals surface area contributed by atoms with E-state index in [1.807, 2.05) is 0 Å². The van der Waals surface area contributed by atoms with Gasteiger partial charge in [0.25, 0.3) is 0 Å². The van der Waals surface area contributed by atoms with Gasteiger partial charge in [-0.2, -0.15) is 0 Å². The van der Waals surface area contributed by atoms with Crippen LogP contribution < -0.4 is 0 Å². The van der Waals surface area contributed by atoms with Crippen LogP contribution in [0.3, 0.4) is 0 Å². The molecule has 11 heavy (non-hydrogen) atoms. The molecule has 0 amide bonds. The second-order valence-electron chi connectivity index (χ2n) is 2.58. The molecule has 0 saturated heterocycles. The topological polar surface area (TPSA) is 60.7 Å². The number of aliphatic hydroxyl groups is 3. The Bertz CT molecular complexity index is 240. The summed E-state index contributed by atoms with van der Waals surface area (Å²) in [7, 11) is 0. The molecule has 1 aliphatic rings. The van der Waals surface area contributed by atoms with Gasteiger partial charge in [0.2, 0.25) is 0 Å². The molecule has 0 saturated carbocycles. The molecule has 3 N–H and O–H groups in total. The van der Waals surface area contributed by atoms with Crippen LogP contribution in [0.15, 0.2) is 36.3 Å². The van der Waals surface area contributed by atoms with E-state index in [0.29, 0.717) is 0 Å². The first-order valence-corrected chi connectivity index (χ1v) is 3.23. The highest BCUT2D eigenvalue weighted by Gasteiger charge is 2.25. The second kappa shape index (κ2) is 2.43. The predicted molar refractivity (Wildman–Crippen MR) is 41.2 cm³/mol. The maximum Gasteiger partial charge on any atom is 0.118 e. The van der Waals surface area contributed by atoms with Crippen molar-refractivity contribution in [3.05, 3.63) is 36.3 Å². The van der Waals surface area contributed by atoms with Gasteiger partial charge in [-0.1, -0.05) is 12.7 Å². The number of aliphatic hydroxyl groups excluding tert-OH is 2. The van der Waals surface area contributed by atoms with E-state index >= 15 is 0 Å². The van der Waals surface area contributed by atoms with E-state index in [2.05, 4.69) is 6.58 Å². The van der Waals surface area contributed by atoms with E-state index in [4.69, 9.17) is 10.2 Å². The third kappa shape index (κ3) is 1.62. The quantitative estimate of drug-likeness (QED) is 0.497. The van der Waals surface area contributed by atoms with Gasteiger partial charge in [0.15, 0.2) is 0 Å².